The molecule has 100 valence electrons. The molecule has 2 N–H and O–H groups in total. The average molecular weight is 240 g/mol. The van der Waals surface area contributed by atoms with Crippen LogP contribution >= 0.6 is 0 Å². The Kier molecular flexibility index (Phi) is 4.08. The maximum absolute atomic E-state index is 6.11. The standard InChI is InChI=1S/C13H28N4/c1-12(2)16-5-4-13(10-14,11-16)17-8-6-15(3)7-9-17/h12H,4-11,14H2,1-3H3. The van der Waals surface area contributed by atoms with Crippen LogP contribution in [0, 0.1) is 0 Å². The Bertz CT molecular complexity index is 248. The van der Waals surface area contributed by atoms with Crippen LogP contribution in [0.1, 0.15) is 20.3 Å². The fourth-order valence-corrected chi connectivity index (χ4v) is 3.16. The van der Waals surface area contributed by atoms with Crippen molar-refractivity contribution in [3.8, 4) is 0 Å². The molecule has 0 aromatic carbocycles. The van der Waals surface area contributed by atoms with E-state index in [4.69, 9.17) is 5.73 Å². The lowest BCUT2D eigenvalue weighted by atomic mass is 9.95. The van der Waals surface area contributed by atoms with Gasteiger partial charge in [-0.1, -0.05) is 0 Å². The molecule has 0 aliphatic carbocycles. The molecule has 0 saturated carbocycles. The average Bonchev–Trinajstić information content (AvgIpc) is 2.76. The van der Waals surface area contributed by atoms with Gasteiger partial charge in [-0.2, -0.15) is 0 Å². The monoisotopic (exact) mass is 240 g/mol. The predicted molar refractivity (Wildman–Crippen MR) is 72.2 cm³/mol. The number of rotatable bonds is 3. The van der Waals surface area contributed by atoms with Gasteiger partial charge in [-0.15, -0.1) is 0 Å². The number of nitrogens with zero attached hydrogens (tertiary/aromatic N) is 3. The first-order chi connectivity index (χ1) is 8.07. The Labute approximate surface area is 106 Å². The molecule has 4 heteroatoms. The third kappa shape index (κ3) is 2.65. The highest BCUT2D eigenvalue weighted by Crippen LogP contribution is 2.29. The molecule has 2 aliphatic rings. The molecule has 2 fully saturated rings. The SMILES string of the molecule is CC(C)N1CCC(CN)(N2CCN(C)CC2)C1. The zero-order valence-corrected chi connectivity index (χ0v) is 11.7. The summed E-state index contributed by atoms with van der Waals surface area (Å²) >= 11 is 0. The smallest absolute Gasteiger partial charge is 0.0471 e. The molecule has 0 spiro atoms. The summed E-state index contributed by atoms with van der Waals surface area (Å²) in [5.41, 5.74) is 6.37. The second kappa shape index (κ2) is 5.22. The fourth-order valence-electron chi connectivity index (χ4n) is 3.16. The van der Waals surface area contributed by atoms with Gasteiger partial charge in [0.15, 0.2) is 0 Å². The summed E-state index contributed by atoms with van der Waals surface area (Å²) in [6.45, 7) is 12.5. The van der Waals surface area contributed by atoms with Crippen LogP contribution in [0.5, 0.6) is 0 Å². The summed E-state index contributed by atoms with van der Waals surface area (Å²) in [6, 6.07) is 0.649. The second-order valence-electron chi connectivity index (χ2n) is 6.03. The molecule has 0 aromatic heterocycles. The van der Waals surface area contributed by atoms with Gasteiger partial charge in [-0.05, 0) is 27.3 Å². The molecule has 4 nitrogen and oxygen atoms in total. The highest BCUT2D eigenvalue weighted by Gasteiger charge is 2.43. The molecule has 1 atom stereocenters. The zero-order valence-electron chi connectivity index (χ0n) is 11.7. The van der Waals surface area contributed by atoms with Crippen molar-refractivity contribution in [2.24, 2.45) is 5.73 Å². The molecular weight excluding hydrogens is 212 g/mol. The summed E-state index contributed by atoms with van der Waals surface area (Å²) < 4.78 is 0. The van der Waals surface area contributed by atoms with Crippen molar-refractivity contribution < 1.29 is 0 Å². The van der Waals surface area contributed by atoms with Gasteiger partial charge in [0.25, 0.3) is 0 Å². The van der Waals surface area contributed by atoms with Gasteiger partial charge in [-0.3, -0.25) is 9.80 Å². The molecule has 0 aromatic rings. The van der Waals surface area contributed by atoms with E-state index in [1.807, 2.05) is 0 Å². The van der Waals surface area contributed by atoms with Gasteiger partial charge in [0, 0.05) is 57.4 Å². The summed E-state index contributed by atoms with van der Waals surface area (Å²) in [4.78, 5) is 7.64. The molecule has 0 radical (unpaired) electrons. The summed E-state index contributed by atoms with van der Waals surface area (Å²) in [5, 5.41) is 0. The number of hydrogen-bond acceptors (Lipinski definition) is 4. The Morgan fingerprint density at radius 3 is 2.24 bits per heavy atom. The van der Waals surface area contributed by atoms with Gasteiger partial charge >= 0.3 is 0 Å². The van der Waals surface area contributed by atoms with E-state index in [0.717, 1.165) is 13.1 Å². The first-order valence-electron chi connectivity index (χ1n) is 6.95. The Morgan fingerprint density at radius 1 is 1.12 bits per heavy atom. The molecule has 1 unspecified atom stereocenters. The van der Waals surface area contributed by atoms with Crippen molar-refractivity contribution >= 4 is 0 Å². The van der Waals surface area contributed by atoms with E-state index < -0.39 is 0 Å². The van der Waals surface area contributed by atoms with Crippen molar-refractivity contribution in [1.82, 2.24) is 14.7 Å². The minimum absolute atomic E-state index is 0.255. The van der Waals surface area contributed by atoms with E-state index in [1.165, 1.54) is 39.1 Å². The molecule has 0 amide bonds. The van der Waals surface area contributed by atoms with Crippen molar-refractivity contribution in [2.45, 2.75) is 31.8 Å². The van der Waals surface area contributed by atoms with Crippen LogP contribution in [-0.4, -0.2) is 79.1 Å². The lowest BCUT2D eigenvalue weighted by Crippen LogP contribution is -2.61. The molecule has 2 aliphatic heterocycles. The highest BCUT2D eigenvalue weighted by molar-refractivity contribution is 5.01. The van der Waals surface area contributed by atoms with Crippen molar-refractivity contribution in [1.29, 1.82) is 0 Å². The number of piperazine rings is 1. The van der Waals surface area contributed by atoms with Crippen LogP contribution in [0.25, 0.3) is 0 Å². The molecule has 0 bridgehead atoms. The van der Waals surface area contributed by atoms with E-state index in [9.17, 15) is 0 Å². The minimum Gasteiger partial charge on any atom is -0.329 e. The maximum Gasteiger partial charge on any atom is 0.0471 e. The summed E-state index contributed by atoms with van der Waals surface area (Å²) in [5.74, 6) is 0. The lowest BCUT2D eigenvalue weighted by molar-refractivity contribution is 0.0471. The van der Waals surface area contributed by atoms with Gasteiger partial charge < -0.3 is 10.6 Å². The fraction of sp³-hybridized carbons (Fsp3) is 1.00. The van der Waals surface area contributed by atoms with Crippen LogP contribution in [0.4, 0.5) is 0 Å². The Morgan fingerprint density at radius 2 is 1.76 bits per heavy atom. The number of nitrogens with two attached hydrogens (primary N) is 1. The van der Waals surface area contributed by atoms with Crippen molar-refractivity contribution in [3.63, 3.8) is 0 Å². The van der Waals surface area contributed by atoms with E-state index in [-0.39, 0.29) is 5.54 Å². The van der Waals surface area contributed by atoms with E-state index >= 15 is 0 Å². The van der Waals surface area contributed by atoms with Crippen molar-refractivity contribution in [2.75, 3.05) is 52.9 Å². The van der Waals surface area contributed by atoms with Crippen LogP contribution in [0.2, 0.25) is 0 Å². The van der Waals surface area contributed by atoms with Crippen molar-refractivity contribution in [3.05, 3.63) is 0 Å². The zero-order chi connectivity index (χ0) is 12.5. The van der Waals surface area contributed by atoms with E-state index in [1.54, 1.807) is 0 Å². The van der Waals surface area contributed by atoms with Crippen LogP contribution in [-0.2, 0) is 0 Å². The first kappa shape index (κ1) is 13.3. The quantitative estimate of drug-likeness (QED) is 0.756. The molecule has 2 heterocycles. The van der Waals surface area contributed by atoms with Crippen LogP contribution in [0.15, 0.2) is 0 Å². The number of hydrogen-bond donors (Lipinski definition) is 1. The first-order valence-corrected chi connectivity index (χ1v) is 6.95. The predicted octanol–water partition coefficient (Wildman–Crippen LogP) is 0.0454. The number of likely N-dealkylation sites (tertiary alicyclic amines) is 1. The highest BCUT2D eigenvalue weighted by atomic mass is 15.3. The summed E-state index contributed by atoms with van der Waals surface area (Å²) in [7, 11) is 2.21. The normalized spacial score (nSPS) is 33.7. The maximum atomic E-state index is 6.11. The topological polar surface area (TPSA) is 35.7 Å². The molecule has 17 heavy (non-hydrogen) atoms. The third-order valence-electron chi connectivity index (χ3n) is 4.65. The Hall–Kier alpha value is -0.160. The lowest BCUT2D eigenvalue weighted by Gasteiger charge is -2.45. The third-order valence-corrected chi connectivity index (χ3v) is 4.65. The van der Waals surface area contributed by atoms with Gasteiger partial charge in [-0.25, -0.2) is 0 Å². The van der Waals surface area contributed by atoms with Gasteiger partial charge in [0.05, 0.1) is 0 Å². The summed E-state index contributed by atoms with van der Waals surface area (Å²) in [6.07, 6.45) is 1.24. The van der Waals surface area contributed by atoms with Gasteiger partial charge in [0.1, 0.15) is 0 Å². The molecule has 2 rings (SSSR count). The number of likely N-dealkylation sites (N-methyl/N-ethyl adjacent to an activating group) is 1. The van der Waals surface area contributed by atoms with E-state index in [0.29, 0.717) is 6.04 Å². The largest absolute Gasteiger partial charge is 0.329 e. The molecular formula is C13H28N4. The Balaban J connectivity index is 2.01. The van der Waals surface area contributed by atoms with Crippen LogP contribution < -0.4 is 5.73 Å². The van der Waals surface area contributed by atoms with Gasteiger partial charge in [0.2, 0.25) is 0 Å². The van der Waals surface area contributed by atoms with Crippen LogP contribution in [0.3, 0.4) is 0 Å². The second-order valence-corrected chi connectivity index (χ2v) is 6.03. The minimum atomic E-state index is 0.255. The van der Waals surface area contributed by atoms with E-state index in [2.05, 4.69) is 35.6 Å². The molecule has 2 saturated heterocycles.